The van der Waals surface area contributed by atoms with E-state index in [0.29, 0.717) is 12.2 Å². The predicted molar refractivity (Wildman–Crippen MR) is 96.2 cm³/mol. The lowest BCUT2D eigenvalue weighted by Crippen LogP contribution is -2.33. The van der Waals surface area contributed by atoms with Gasteiger partial charge < -0.3 is 4.90 Å². The summed E-state index contributed by atoms with van der Waals surface area (Å²) in [6, 6.07) is 18.4. The van der Waals surface area contributed by atoms with Crippen molar-refractivity contribution in [2.75, 3.05) is 24.2 Å². The van der Waals surface area contributed by atoms with Gasteiger partial charge in [0.1, 0.15) is 0 Å². The summed E-state index contributed by atoms with van der Waals surface area (Å²) in [6.45, 7) is 0.467. The summed E-state index contributed by atoms with van der Waals surface area (Å²) in [7, 11) is -0.343. The first-order valence-corrected chi connectivity index (χ1v) is 9.30. The van der Waals surface area contributed by atoms with E-state index in [1.165, 1.54) is 11.4 Å². The number of amides is 1. The van der Waals surface area contributed by atoms with Gasteiger partial charge in [-0.3, -0.25) is 9.10 Å². The highest BCUT2D eigenvalue weighted by atomic mass is 32.2. The van der Waals surface area contributed by atoms with Gasteiger partial charge in [0.05, 0.1) is 11.4 Å². The van der Waals surface area contributed by atoms with Gasteiger partial charge in [-0.1, -0.05) is 48.5 Å². The van der Waals surface area contributed by atoms with Crippen molar-refractivity contribution >= 4 is 21.6 Å². The zero-order chi connectivity index (χ0) is 17.6. The Morgan fingerprint density at radius 2 is 1.46 bits per heavy atom. The number of hydrogen-bond donors (Lipinski definition) is 0. The van der Waals surface area contributed by atoms with Crippen LogP contribution in [0.3, 0.4) is 0 Å². The summed E-state index contributed by atoms with van der Waals surface area (Å²) in [5, 5.41) is 0. The van der Waals surface area contributed by atoms with Crippen LogP contribution in [0.4, 0.5) is 5.69 Å². The molecule has 0 atom stereocenters. The number of carbonyl (C=O) groups excluding carboxylic acids is 1. The Bertz CT molecular complexity index is 761. The van der Waals surface area contributed by atoms with Crippen LogP contribution in [0.5, 0.6) is 0 Å². The molecule has 0 fully saturated rings. The molecule has 0 saturated heterocycles. The number of sulfonamides is 1. The largest absolute Gasteiger partial charge is 0.341 e. The maximum Gasteiger partial charge on any atom is 0.235 e. The van der Waals surface area contributed by atoms with Crippen molar-refractivity contribution in [1.29, 1.82) is 0 Å². The van der Waals surface area contributed by atoms with Gasteiger partial charge in [0.25, 0.3) is 0 Å². The standard InChI is InChI=1S/C18H22N2O3S/c1-19(15-16-9-5-3-6-10-16)18(21)13-14-24(22,23)20(2)17-11-7-4-8-12-17/h3-12H,13-15H2,1-2H3. The third-order valence-electron chi connectivity index (χ3n) is 3.80. The van der Waals surface area contributed by atoms with E-state index in [1.807, 2.05) is 36.4 Å². The molecular weight excluding hydrogens is 324 g/mol. The van der Waals surface area contributed by atoms with Crippen LogP contribution >= 0.6 is 0 Å². The maximum absolute atomic E-state index is 12.4. The molecule has 0 radical (unpaired) electrons. The summed E-state index contributed by atoms with van der Waals surface area (Å²) in [5.74, 6) is -0.403. The molecule has 128 valence electrons. The SMILES string of the molecule is CN(Cc1ccccc1)C(=O)CCS(=O)(=O)N(C)c1ccccc1. The summed E-state index contributed by atoms with van der Waals surface area (Å²) >= 11 is 0. The average Bonchev–Trinajstić information content (AvgIpc) is 2.60. The normalized spacial score (nSPS) is 11.1. The molecule has 0 aromatic heterocycles. The molecule has 0 aliphatic carbocycles. The Morgan fingerprint density at radius 1 is 0.917 bits per heavy atom. The van der Waals surface area contributed by atoms with Gasteiger partial charge in [0.2, 0.25) is 15.9 Å². The molecule has 0 aliphatic heterocycles. The molecule has 1 amide bonds. The lowest BCUT2D eigenvalue weighted by Gasteiger charge is -2.21. The fourth-order valence-electron chi connectivity index (χ4n) is 2.29. The van der Waals surface area contributed by atoms with Crippen LogP contribution in [0, 0.1) is 0 Å². The Hall–Kier alpha value is -2.34. The smallest absolute Gasteiger partial charge is 0.235 e. The number of para-hydroxylation sites is 1. The molecule has 2 aromatic rings. The van der Waals surface area contributed by atoms with Crippen LogP contribution in [-0.4, -0.2) is 39.1 Å². The van der Waals surface area contributed by atoms with Crippen LogP contribution in [0.15, 0.2) is 60.7 Å². The van der Waals surface area contributed by atoms with Crippen molar-refractivity contribution < 1.29 is 13.2 Å². The molecule has 0 unspecified atom stereocenters. The number of anilines is 1. The average molecular weight is 346 g/mol. The van der Waals surface area contributed by atoms with Gasteiger partial charge in [-0.2, -0.15) is 0 Å². The summed E-state index contributed by atoms with van der Waals surface area (Å²) in [4.78, 5) is 13.7. The second-order valence-electron chi connectivity index (χ2n) is 5.60. The van der Waals surface area contributed by atoms with Crippen molar-refractivity contribution in [1.82, 2.24) is 4.90 Å². The van der Waals surface area contributed by atoms with Crippen molar-refractivity contribution in [2.24, 2.45) is 0 Å². The first-order valence-electron chi connectivity index (χ1n) is 7.70. The minimum absolute atomic E-state index is 0.0388. The van der Waals surface area contributed by atoms with Gasteiger partial charge in [-0.25, -0.2) is 8.42 Å². The Morgan fingerprint density at radius 3 is 2.04 bits per heavy atom. The summed E-state index contributed by atoms with van der Waals surface area (Å²) < 4.78 is 26.0. The second kappa shape index (κ2) is 7.97. The van der Waals surface area contributed by atoms with E-state index in [4.69, 9.17) is 0 Å². The molecule has 0 saturated carbocycles. The van der Waals surface area contributed by atoms with Crippen molar-refractivity contribution in [2.45, 2.75) is 13.0 Å². The Kier molecular flexibility index (Phi) is 5.98. The maximum atomic E-state index is 12.4. The monoisotopic (exact) mass is 346 g/mol. The predicted octanol–water partition coefficient (Wildman–Crippen LogP) is 2.50. The van der Waals surface area contributed by atoms with Gasteiger partial charge in [-0.15, -0.1) is 0 Å². The van der Waals surface area contributed by atoms with E-state index in [2.05, 4.69) is 0 Å². The van der Waals surface area contributed by atoms with Crippen LogP contribution in [0.25, 0.3) is 0 Å². The van der Waals surface area contributed by atoms with E-state index in [1.54, 1.807) is 36.2 Å². The van der Waals surface area contributed by atoms with Crippen molar-refractivity contribution in [3.8, 4) is 0 Å². The minimum Gasteiger partial charge on any atom is -0.341 e. The molecule has 2 rings (SSSR count). The summed E-state index contributed by atoms with van der Waals surface area (Å²) in [5.41, 5.74) is 1.60. The molecule has 2 aromatic carbocycles. The molecule has 24 heavy (non-hydrogen) atoms. The third kappa shape index (κ3) is 4.83. The fraction of sp³-hybridized carbons (Fsp3) is 0.278. The fourth-order valence-corrected chi connectivity index (χ4v) is 3.44. The van der Waals surface area contributed by atoms with E-state index in [9.17, 15) is 13.2 Å². The topological polar surface area (TPSA) is 57.7 Å². The highest BCUT2D eigenvalue weighted by Crippen LogP contribution is 2.16. The number of carbonyl (C=O) groups is 1. The molecule has 0 heterocycles. The van der Waals surface area contributed by atoms with E-state index in [-0.39, 0.29) is 18.1 Å². The quantitative estimate of drug-likeness (QED) is 0.774. The number of benzene rings is 2. The van der Waals surface area contributed by atoms with Gasteiger partial charge >= 0.3 is 0 Å². The van der Waals surface area contributed by atoms with E-state index >= 15 is 0 Å². The van der Waals surface area contributed by atoms with Gasteiger partial charge in [0, 0.05) is 27.1 Å². The second-order valence-corrected chi connectivity index (χ2v) is 7.72. The Balaban J connectivity index is 1.92. The first kappa shape index (κ1) is 18.0. The first-order chi connectivity index (χ1) is 11.4. The molecule has 0 spiro atoms. The third-order valence-corrected chi connectivity index (χ3v) is 5.56. The summed E-state index contributed by atoms with van der Waals surface area (Å²) in [6.07, 6.45) is -0.0388. The van der Waals surface area contributed by atoms with Crippen LogP contribution in [0.1, 0.15) is 12.0 Å². The van der Waals surface area contributed by atoms with E-state index < -0.39 is 10.0 Å². The lowest BCUT2D eigenvalue weighted by atomic mass is 10.2. The molecule has 0 bridgehead atoms. The van der Waals surface area contributed by atoms with Crippen LogP contribution in [0.2, 0.25) is 0 Å². The molecular formula is C18H22N2O3S. The molecule has 0 N–H and O–H groups in total. The minimum atomic E-state index is -3.53. The number of nitrogens with zero attached hydrogens (tertiary/aromatic N) is 2. The van der Waals surface area contributed by atoms with Gasteiger partial charge in [0.15, 0.2) is 0 Å². The highest BCUT2D eigenvalue weighted by molar-refractivity contribution is 7.92. The zero-order valence-electron chi connectivity index (χ0n) is 13.9. The molecule has 6 heteroatoms. The van der Waals surface area contributed by atoms with Crippen LogP contribution < -0.4 is 4.31 Å². The van der Waals surface area contributed by atoms with Crippen molar-refractivity contribution in [3.05, 3.63) is 66.2 Å². The van der Waals surface area contributed by atoms with Crippen LogP contribution in [-0.2, 0) is 21.4 Å². The lowest BCUT2D eigenvalue weighted by molar-refractivity contribution is -0.130. The molecule has 0 aliphatic rings. The van der Waals surface area contributed by atoms with E-state index in [0.717, 1.165) is 5.56 Å². The molecule has 5 nitrogen and oxygen atoms in total. The number of rotatable bonds is 7. The number of hydrogen-bond acceptors (Lipinski definition) is 3. The zero-order valence-corrected chi connectivity index (χ0v) is 14.7. The highest BCUT2D eigenvalue weighted by Gasteiger charge is 2.21. The van der Waals surface area contributed by atoms with Gasteiger partial charge in [-0.05, 0) is 17.7 Å². The Labute approximate surface area is 143 Å². The van der Waals surface area contributed by atoms with Crippen molar-refractivity contribution in [3.63, 3.8) is 0 Å².